The highest BCUT2D eigenvalue weighted by molar-refractivity contribution is 4.76. The van der Waals surface area contributed by atoms with Crippen molar-refractivity contribution in [1.82, 2.24) is 0 Å². The number of allylic oxidation sites excluding steroid dienone is 1. The summed E-state index contributed by atoms with van der Waals surface area (Å²) in [7, 11) is 0. The lowest BCUT2D eigenvalue weighted by Crippen LogP contribution is -2.10. The lowest BCUT2D eigenvalue weighted by atomic mass is 10.4. The molecule has 0 bridgehead atoms. The molecule has 0 saturated heterocycles. The molecule has 2 nitrogen and oxygen atoms in total. The fourth-order valence-corrected chi connectivity index (χ4v) is 0.368. The van der Waals surface area contributed by atoms with Gasteiger partial charge in [-0.05, 0) is 13.8 Å². The molecule has 0 fully saturated rings. The van der Waals surface area contributed by atoms with Gasteiger partial charge in [-0.15, -0.1) is 0 Å². The minimum absolute atomic E-state index is 0.310. The summed E-state index contributed by atoms with van der Waals surface area (Å²) in [4.78, 5) is 0. The highest BCUT2D eigenvalue weighted by Crippen LogP contribution is 1.82. The number of aliphatic hydroxyl groups is 1. The molecule has 0 aliphatic rings. The van der Waals surface area contributed by atoms with E-state index in [-0.39, 0.29) is 0 Å². The molecule has 0 aliphatic carbocycles. The molecule has 1 atom stereocenters. The van der Waals surface area contributed by atoms with E-state index in [9.17, 15) is 0 Å². The second-order valence-corrected chi connectivity index (χ2v) is 1.76. The zero-order valence-electron chi connectivity index (χ0n) is 5.71. The third-order valence-electron chi connectivity index (χ3n) is 0.760. The SMILES string of the molecule is [CH2]C(O)COCC=CC. The summed E-state index contributed by atoms with van der Waals surface area (Å²) < 4.78 is 4.94. The maximum Gasteiger partial charge on any atom is 0.0774 e. The first-order valence-corrected chi connectivity index (χ1v) is 2.97. The van der Waals surface area contributed by atoms with Gasteiger partial charge >= 0.3 is 0 Å². The first-order valence-electron chi connectivity index (χ1n) is 2.97. The molecule has 0 aromatic heterocycles. The zero-order valence-corrected chi connectivity index (χ0v) is 5.71. The van der Waals surface area contributed by atoms with Gasteiger partial charge in [0.2, 0.25) is 0 Å². The van der Waals surface area contributed by atoms with E-state index in [1.165, 1.54) is 0 Å². The van der Waals surface area contributed by atoms with E-state index < -0.39 is 6.10 Å². The van der Waals surface area contributed by atoms with Crippen molar-refractivity contribution in [2.45, 2.75) is 13.0 Å². The fourth-order valence-electron chi connectivity index (χ4n) is 0.368. The van der Waals surface area contributed by atoms with Crippen LogP contribution in [0.2, 0.25) is 0 Å². The monoisotopic (exact) mass is 129 g/mol. The van der Waals surface area contributed by atoms with Crippen LogP contribution in [0.15, 0.2) is 12.2 Å². The Labute approximate surface area is 56.1 Å². The highest BCUT2D eigenvalue weighted by atomic mass is 16.5. The van der Waals surface area contributed by atoms with Crippen molar-refractivity contribution in [3.63, 3.8) is 0 Å². The lowest BCUT2D eigenvalue weighted by Gasteiger charge is -2.01. The number of ether oxygens (including phenoxy) is 1. The maximum atomic E-state index is 8.59. The van der Waals surface area contributed by atoms with Gasteiger partial charge in [-0.2, -0.15) is 0 Å². The van der Waals surface area contributed by atoms with E-state index in [1.54, 1.807) is 0 Å². The molecule has 0 saturated carbocycles. The van der Waals surface area contributed by atoms with Gasteiger partial charge in [0.1, 0.15) is 0 Å². The van der Waals surface area contributed by atoms with Gasteiger partial charge in [-0.25, -0.2) is 0 Å². The Morgan fingerprint density at radius 3 is 2.89 bits per heavy atom. The molecule has 1 unspecified atom stereocenters. The maximum absolute atomic E-state index is 8.59. The second-order valence-electron chi connectivity index (χ2n) is 1.76. The Kier molecular flexibility index (Phi) is 5.57. The van der Waals surface area contributed by atoms with Crippen molar-refractivity contribution < 1.29 is 9.84 Å². The third-order valence-corrected chi connectivity index (χ3v) is 0.760. The normalized spacial score (nSPS) is 14.6. The van der Waals surface area contributed by atoms with Crippen LogP contribution in [0.5, 0.6) is 0 Å². The minimum Gasteiger partial charge on any atom is -0.391 e. The molecule has 0 rings (SSSR count). The van der Waals surface area contributed by atoms with Crippen LogP contribution in [0, 0.1) is 6.92 Å². The molecule has 53 valence electrons. The molecule has 1 N–H and O–H groups in total. The number of aliphatic hydroxyl groups excluding tert-OH is 1. The first-order chi connectivity index (χ1) is 4.27. The Morgan fingerprint density at radius 2 is 2.44 bits per heavy atom. The average molecular weight is 129 g/mol. The Morgan fingerprint density at radius 1 is 1.78 bits per heavy atom. The highest BCUT2D eigenvalue weighted by Gasteiger charge is 1.91. The van der Waals surface area contributed by atoms with E-state index in [2.05, 4.69) is 6.92 Å². The Bertz CT molecular complexity index is 77.0. The smallest absolute Gasteiger partial charge is 0.0774 e. The lowest BCUT2D eigenvalue weighted by molar-refractivity contribution is 0.0733. The van der Waals surface area contributed by atoms with Crippen LogP contribution in [0.25, 0.3) is 0 Å². The van der Waals surface area contributed by atoms with Crippen LogP contribution >= 0.6 is 0 Å². The zero-order chi connectivity index (χ0) is 7.11. The van der Waals surface area contributed by atoms with E-state index in [4.69, 9.17) is 9.84 Å². The molecule has 0 heterocycles. The fraction of sp³-hybridized carbons (Fsp3) is 0.571. The van der Waals surface area contributed by atoms with Crippen LogP contribution in [-0.2, 0) is 4.74 Å². The van der Waals surface area contributed by atoms with Crippen molar-refractivity contribution in [3.8, 4) is 0 Å². The molecular weight excluding hydrogens is 116 g/mol. The standard InChI is InChI=1S/C7H13O2/c1-3-4-5-9-6-7(2)8/h3-4,7-8H,2,5-6H2,1H3. The molecule has 0 spiro atoms. The van der Waals surface area contributed by atoms with E-state index in [0.717, 1.165) is 0 Å². The number of hydrogen-bond donors (Lipinski definition) is 1. The van der Waals surface area contributed by atoms with Crippen LogP contribution in [-0.4, -0.2) is 24.4 Å². The Hall–Kier alpha value is -0.340. The molecule has 9 heavy (non-hydrogen) atoms. The summed E-state index contributed by atoms with van der Waals surface area (Å²) in [5.74, 6) is 0. The number of hydrogen-bond acceptors (Lipinski definition) is 2. The van der Waals surface area contributed by atoms with Gasteiger partial charge in [-0.1, -0.05) is 12.2 Å². The largest absolute Gasteiger partial charge is 0.391 e. The molecule has 0 aromatic rings. The average Bonchev–Trinajstić information content (AvgIpc) is 1.80. The van der Waals surface area contributed by atoms with Crippen molar-refractivity contribution >= 4 is 0 Å². The van der Waals surface area contributed by atoms with Gasteiger partial charge in [-0.3, -0.25) is 0 Å². The van der Waals surface area contributed by atoms with Crippen molar-refractivity contribution in [1.29, 1.82) is 0 Å². The Balaban J connectivity index is 2.91. The van der Waals surface area contributed by atoms with Crippen LogP contribution < -0.4 is 0 Å². The predicted molar refractivity (Wildman–Crippen MR) is 37.0 cm³/mol. The van der Waals surface area contributed by atoms with Crippen molar-refractivity contribution in [2.75, 3.05) is 13.2 Å². The van der Waals surface area contributed by atoms with E-state index in [0.29, 0.717) is 13.2 Å². The summed E-state index contributed by atoms with van der Waals surface area (Å²) in [6.07, 6.45) is 3.17. The summed E-state index contributed by atoms with van der Waals surface area (Å²) in [6, 6.07) is 0. The van der Waals surface area contributed by atoms with Gasteiger partial charge in [0.25, 0.3) is 0 Å². The van der Waals surface area contributed by atoms with E-state index in [1.807, 2.05) is 19.1 Å². The molecule has 0 aromatic carbocycles. The third kappa shape index (κ3) is 7.66. The van der Waals surface area contributed by atoms with Gasteiger partial charge < -0.3 is 9.84 Å². The van der Waals surface area contributed by atoms with Gasteiger partial charge in [0.15, 0.2) is 0 Å². The summed E-state index contributed by atoms with van der Waals surface area (Å²) >= 11 is 0. The van der Waals surface area contributed by atoms with Crippen LogP contribution in [0.4, 0.5) is 0 Å². The number of rotatable bonds is 4. The topological polar surface area (TPSA) is 29.5 Å². The van der Waals surface area contributed by atoms with Gasteiger partial charge in [0, 0.05) is 0 Å². The molecule has 0 aliphatic heterocycles. The first kappa shape index (κ1) is 8.66. The molecule has 1 radical (unpaired) electrons. The van der Waals surface area contributed by atoms with Crippen molar-refractivity contribution in [2.24, 2.45) is 0 Å². The van der Waals surface area contributed by atoms with E-state index >= 15 is 0 Å². The molecule has 0 amide bonds. The summed E-state index contributed by atoms with van der Waals surface area (Å²) in [5, 5.41) is 8.59. The summed E-state index contributed by atoms with van der Waals surface area (Å²) in [5.41, 5.74) is 0. The molecular formula is C7H13O2. The van der Waals surface area contributed by atoms with Crippen LogP contribution in [0.3, 0.4) is 0 Å². The minimum atomic E-state index is -0.602. The summed E-state index contributed by atoms with van der Waals surface area (Å²) in [6.45, 7) is 6.13. The van der Waals surface area contributed by atoms with Crippen LogP contribution in [0.1, 0.15) is 6.92 Å². The second kappa shape index (κ2) is 5.79. The predicted octanol–water partition coefficient (Wildman–Crippen LogP) is 0.774. The van der Waals surface area contributed by atoms with Crippen molar-refractivity contribution in [3.05, 3.63) is 19.1 Å². The van der Waals surface area contributed by atoms with Gasteiger partial charge in [0.05, 0.1) is 19.3 Å². The quantitative estimate of drug-likeness (QED) is 0.449. The molecule has 2 heteroatoms.